The first-order valence-corrected chi connectivity index (χ1v) is 4.43. The van der Waals surface area contributed by atoms with E-state index in [0.717, 1.165) is 11.8 Å². The van der Waals surface area contributed by atoms with Crippen LogP contribution in [0.1, 0.15) is 33.1 Å². The third kappa shape index (κ3) is 0.878. The standard InChI is InChI=1S/C9H16O/c1-6(2)8-5-7-3-4-9(8)10-7/h6-9H,3-5H2,1-2H3/t7?,8-,9-/m0/s1. The van der Waals surface area contributed by atoms with E-state index in [1.54, 1.807) is 0 Å². The molecule has 0 aliphatic carbocycles. The fraction of sp³-hybridized carbons (Fsp3) is 1.00. The molecule has 3 atom stereocenters. The number of fused-ring (bicyclic) bond motifs is 2. The highest BCUT2D eigenvalue weighted by Crippen LogP contribution is 2.41. The van der Waals surface area contributed by atoms with Gasteiger partial charge in [-0.2, -0.15) is 0 Å². The second-order valence-electron chi connectivity index (χ2n) is 4.02. The predicted molar refractivity (Wildman–Crippen MR) is 40.8 cm³/mol. The largest absolute Gasteiger partial charge is 0.375 e. The summed E-state index contributed by atoms with van der Waals surface area (Å²) >= 11 is 0. The summed E-state index contributed by atoms with van der Waals surface area (Å²) in [6.45, 7) is 4.63. The van der Waals surface area contributed by atoms with Gasteiger partial charge in [0.1, 0.15) is 0 Å². The van der Waals surface area contributed by atoms with Crippen LogP contribution in [0.2, 0.25) is 0 Å². The Hall–Kier alpha value is -0.0400. The number of rotatable bonds is 1. The van der Waals surface area contributed by atoms with Crippen molar-refractivity contribution in [1.29, 1.82) is 0 Å². The average Bonchev–Trinajstić information content (AvgIpc) is 2.44. The van der Waals surface area contributed by atoms with Crippen LogP contribution in [0.3, 0.4) is 0 Å². The van der Waals surface area contributed by atoms with Gasteiger partial charge in [0.05, 0.1) is 12.2 Å². The molecule has 0 N–H and O–H groups in total. The summed E-state index contributed by atoms with van der Waals surface area (Å²) < 4.78 is 5.75. The molecule has 0 aromatic carbocycles. The van der Waals surface area contributed by atoms with E-state index in [1.807, 2.05) is 0 Å². The maximum absolute atomic E-state index is 5.75. The lowest BCUT2D eigenvalue weighted by atomic mass is 9.82. The van der Waals surface area contributed by atoms with Gasteiger partial charge >= 0.3 is 0 Å². The minimum Gasteiger partial charge on any atom is -0.375 e. The van der Waals surface area contributed by atoms with Crippen molar-refractivity contribution in [2.75, 3.05) is 0 Å². The summed E-state index contributed by atoms with van der Waals surface area (Å²) in [6, 6.07) is 0. The molecule has 0 spiro atoms. The van der Waals surface area contributed by atoms with Gasteiger partial charge in [-0.1, -0.05) is 13.8 Å². The molecule has 2 heterocycles. The molecule has 10 heavy (non-hydrogen) atoms. The number of hydrogen-bond donors (Lipinski definition) is 0. The fourth-order valence-corrected chi connectivity index (χ4v) is 2.38. The van der Waals surface area contributed by atoms with Crippen molar-refractivity contribution in [2.45, 2.75) is 45.3 Å². The van der Waals surface area contributed by atoms with E-state index < -0.39 is 0 Å². The van der Waals surface area contributed by atoms with Gasteiger partial charge in [0.2, 0.25) is 0 Å². The molecule has 2 fully saturated rings. The lowest BCUT2D eigenvalue weighted by Crippen LogP contribution is -2.21. The molecule has 2 aliphatic rings. The maximum atomic E-state index is 5.75. The molecule has 58 valence electrons. The van der Waals surface area contributed by atoms with Crippen LogP contribution in [0.15, 0.2) is 0 Å². The molecular weight excluding hydrogens is 124 g/mol. The highest BCUT2D eigenvalue weighted by molar-refractivity contribution is 4.90. The van der Waals surface area contributed by atoms with Gasteiger partial charge in [-0.25, -0.2) is 0 Å². The Morgan fingerprint density at radius 2 is 2.10 bits per heavy atom. The minimum atomic E-state index is 0.630. The average molecular weight is 140 g/mol. The summed E-state index contributed by atoms with van der Waals surface area (Å²) in [6.07, 6.45) is 5.26. The number of hydrogen-bond acceptors (Lipinski definition) is 1. The predicted octanol–water partition coefficient (Wildman–Crippen LogP) is 2.21. The van der Waals surface area contributed by atoms with Crippen LogP contribution in [-0.4, -0.2) is 12.2 Å². The van der Waals surface area contributed by atoms with E-state index in [4.69, 9.17) is 4.74 Å². The number of ether oxygens (including phenoxy) is 1. The van der Waals surface area contributed by atoms with E-state index in [-0.39, 0.29) is 0 Å². The zero-order valence-corrected chi connectivity index (χ0v) is 6.84. The molecule has 1 unspecified atom stereocenters. The molecule has 0 saturated carbocycles. The monoisotopic (exact) mass is 140 g/mol. The molecule has 2 rings (SSSR count). The summed E-state index contributed by atoms with van der Waals surface area (Å²) in [4.78, 5) is 0. The Morgan fingerprint density at radius 1 is 1.30 bits per heavy atom. The van der Waals surface area contributed by atoms with E-state index in [2.05, 4.69) is 13.8 Å². The van der Waals surface area contributed by atoms with E-state index in [1.165, 1.54) is 19.3 Å². The van der Waals surface area contributed by atoms with Crippen LogP contribution in [0.25, 0.3) is 0 Å². The second kappa shape index (κ2) is 2.23. The molecule has 2 aliphatic heterocycles. The molecule has 1 heteroatoms. The summed E-state index contributed by atoms with van der Waals surface area (Å²) in [7, 11) is 0. The molecule has 0 aromatic rings. The van der Waals surface area contributed by atoms with E-state index in [9.17, 15) is 0 Å². The summed E-state index contributed by atoms with van der Waals surface area (Å²) in [5, 5.41) is 0. The zero-order chi connectivity index (χ0) is 7.14. The topological polar surface area (TPSA) is 9.23 Å². The van der Waals surface area contributed by atoms with Crippen molar-refractivity contribution in [3.05, 3.63) is 0 Å². The summed E-state index contributed by atoms with van der Waals surface area (Å²) in [5.41, 5.74) is 0. The normalized spacial score (nSPS) is 45.3. The van der Waals surface area contributed by atoms with Crippen molar-refractivity contribution >= 4 is 0 Å². The lowest BCUT2D eigenvalue weighted by molar-refractivity contribution is 0.0851. The van der Waals surface area contributed by atoms with Gasteiger partial charge < -0.3 is 4.74 Å². The summed E-state index contributed by atoms with van der Waals surface area (Å²) in [5.74, 6) is 1.70. The van der Waals surface area contributed by atoms with Crippen LogP contribution in [0, 0.1) is 11.8 Å². The van der Waals surface area contributed by atoms with E-state index in [0.29, 0.717) is 12.2 Å². The Labute approximate surface area is 62.8 Å². The van der Waals surface area contributed by atoms with Gasteiger partial charge in [0.15, 0.2) is 0 Å². The van der Waals surface area contributed by atoms with Gasteiger partial charge in [-0.05, 0) is 31.1 Å². The fourth-order valence-electron chi connectivity index (χ4n) is 2.38. The molecule has 0 aromatic heterocycles. The highest BCUT2D eigenvalue weighted by atomic mass is 16.5. The van der Waals surface area contributed by atoms with Crippen molar-refractivity contribution in [1.82, 2.24) is 0 Å². The minimum absolute atomic E-state index is 0.630. The van der Waals surface area contributed by atoms with Gasteiger partial charge in [-0.15, -0.1) is 0 Å². The van der Waals surface area contributed by atoms with Crippen LogP contribution in [0.4, 0.5) is 0 Å². The first kappa shape index (κ1) is 6.66. The van der Waals surface area contributed by atoms with Crippen LogP contribution in [0.5, 0.6) is 0 Å². The van der Waals surface area contributed by atoms with Gasteiger partial charge in [0.25, 0.3) is 0 Å². The van der Waals surface area contributed by atoms with E-state index >= 15 is 0 Å². The van der Waals surface area contributed by atoms with Gasteiger partial charge in [0, 0.05) is 0 Å². The quantitative estimate of drug-likeness (QED) is 0.542. The molecule has 2 bridgehead atoms. The third-order valence-corrected chi connectivity index (χ3v) is 3.01. The smallest absolute Gasteiger partial charge is 0.0611 e. The molecular formula is C9H16O. The lowest BCUT2D eigenvalue weighted by Gasteiger charge is -2.21. The van der Waals surface area contributed by atoms with Crippen molar-refractivity contribution in [2.24, 2.45) is 11.8 Å². The first-order chi connectivity index (χ1) is 4.77. The van der Waals surface area contributed by atoms with Crippen LogP contribution in [-0.2, 0) is 4.74 Å². The van der Waals surface area contributed by atoms with Crippen molar-refractivity contribution in [3.8, 4) is 0 Å². The zero-order valence-electron chi connectivity index (χ0n) is 6.84. The Morgan fingerprint density at radius 3 is 2.40 bits per heavy atom. The molecule has 2 saturated heterocycles. The Kier molecular flexibility index (Phi) is 1.48. The van der Waals surface area contributed by atoms with Gasteiger partial charge in [-0.3, -0.25) is 0 Å². The Balaban J connectivity index is 2.02. The third-order valence-electron chi connectivity index (χ3n) is 3.01. The maximum Gasteiger partial charge on any atom is 0.0611 e. The van der Waals surface area contributed by atoms with Crippen molar-refractivity contribution in [3.63, 3.8) is 0 Å². The Bertz CT molecular complexity index is 131. The first-order valence-electron chi connectivity index (χ1n) is 4.43. The molecule has 0 amide bonds. The van der Waals surface area contributed by atoms with Crippen LogP contribution < -0.4 is 0 Å². The van der Waals surface area contributed by atoms with Crippen molar-refractivity contribution < 1.29 is 4.74 Å². The second-order valence-corrected chi connectivity index (χ2v) is 4.02. The molecule has 0 radical (unpaired) electrons. The molecule has 1 nitrogen and oxygen atoms in total. The highest BCUT2D eigenvalue weighted by Gasteiger charge is 2.41. The van der Waals surface area contributed by atoms with Crippen LogP contribution >= 0.6 is 0 Å². The SMILES string of the molecule is CC(C)[C@@H]1CC2CC[C@@H]1O2.